The van der Waals surface area contributed by atoms with Crippen molar-refractivity contribution in [2.24, 2.45) is 0 Å². The fourth-order valence-corrected chi connectivity index (χ4v) is 4.16. The van der Waals surface area contributed by atoms with Crippen molar-refractivity contribution in [1.82, 2.24) is 14.8 Å². The summed E-state index contributed by atoms with van der Waals surface area (Å²) < 4.78 is 0. The maximum Gasteiger partial charge on any atom is 0.222 e. The zero-order valence-electron chi connectivity index (χ0n) is 16.9. The van der Waals surface area contributed by atoms with Crippen LogP contribution in [-0.2, 0) is 23.2 Å². The van der Waals surface area contributed by atoms with E-state index in [4.69, 9.17) is 10.2 Å². The van der Waals surface area contributed by atoms with Crippen molar-refractivity contribution < 1.29 is 4.79 Å². The fraction of sp³-hybridized carbons (Fsp3) is 0.500. The summed E-state index contributed by atoms with van der Waals surface area (Å²) in [6, 6.07) is 9.60. The summed E-state index contributed by atoms with van der Waals surface area (Å²) in [5.41, 5.74) is 2.99. The third-order valence-electron chi connectivity index (χ3n) is 5.01. The maximum absolute atomic E-state index is 12.5. The third-order valence-corrected chi connectivity index (χ3v) is 6.33. The van der Waals surface area contributed by atoms with Crippen LogP contribution in [0.1, 0.15) is 49.0 Å². The number of rotatable bonds is 5. The second-order valence-corrected chi connectivity index (χ2v) is 9.22. The van der Waals surface area contributed by atoms with Gasteiger partial charge in [-0.2, -0.15) is 5.26 Å². The molecule has 0 atom stereocenters. The van der Waals surface area contributed by atoms with Crippen LogP contribution in [0.2, 0.25) is 0 Å². The molecule has 5 nitrogen and oxygen atoms in total. The summed E-state index contributed by atoms with van der Waals surface area (Å²) in [6.07, 6.45) is 1.24. The Morgan fingerprint density at radius 3 is 2.43 bits per heavy atom. The number of piperazine rings is 1. The standard InChI is InChI=1S/C22H28N4OS/c1-22(2,3)21-24-19(16-28-21)15-25-10-12-26(13-11-25)20(27)9-8-17-4-6-18(14-23)7-5-17/h4-7,16H,8-13,15H2,1-3H3. The Kier molecular flexibility index (Phi) is 6.48. The van der Waals surface area contributed by atoms with Crippen LogP contribution in [0.25, 0.3) is 0 Å². The van der Waals surface area contributed by atoms with E-state index >= 15 is 0 Å². The SMILES string of the molecule is CC(C)(C)c1nc(CN2CCN(C(=O)CCc3ccc(C#N)cc3)CC2)cs1. The first kappa shape index (κ1) is 20.5. The fourth-order valence-electron chi connectivity index (χ4n) is 3.26. The average Bonchev–Trinajstić information content (AvgIpc) is 3.16. The Bertz CT molecular complexity index is 837. The molecule has 28 heavy (non-hydrogen) atoms. The van der Waals surface area contributed by atoms with Crippen molar-refractivity contribution in [3.63, 3.8) is 0 Å². The lowest BCUT2D eigenvalue weighted by Crippen LogP contribution is -2.48. The van der Waals surface area contributed by atoms with Gasteiger partial charge in [0, 0.05) is 49.9 Å². The summed E-state index contributed by atoms with van der Waals surface area (Å²) in [6.45, 7) is 10.8. The molecule has 148 valence electrons. The lowest BCUT2D eigenvalue weighted by Gasteiger charge is -2.34. The summed E-state index contributed by atoms with van der Waals surface area (Å²) in [4.78, 5) is 21.7. The molecule has 1 aromatic heterocycles. The number of benzene rings is 1. The molecule has 0 radical (unpaired) electrons. The molecule has 1 aliphatic rings. The number of hydrogen-bond acceptors (Lipinski definition) is 5. The van der Waals surface area contributed by atoms with Crippen molar-refractivity contribution in [2.75, 3.05) is 26.2 Å². The largest absolute Gasteiger partial charge is 0.340 e. The highest BCUT2D eigenvalue weighted by Gasteiger charge is 2.23. The molecule has 2 aromatic rings. The van der Waals surface area contributed by atoms with Crippen molar-refractivity contribution in [3.05, 3.63) is 51.5 Å². The lowest BCUT2D eigenvalue weighted by atomic mass is 9.98. The van der Waals surface area contributed by atoms with Gasteiger partial charge in [0.25, 0.3) is 0 Å². The van der Waals surface area contributed by atoms with Crippen LogP contribution < -0.4 is 0 Å². The molecule has 1 fully saturated rings. The number of amides is 1. The Balaban J connectivity index is 1.43. The van der Waals surface area contributed by atoms with Crippen molar-refractivity contribution >= 4 is 17.2 Å². The minimum absolute atomic E-state index is 0.100. The number of carbonyl (C=O) groups excluding carboxylic acids is 1. The zero-order valence-corrected chi connectivity index (χ0v) is 17.8. The Morgan fingerprint density at radius 1 is 1.18 bits per heavy atom. The van der Waals surface area contributed by atoms with Gasteiger partial charge in [-0.15, -0.1) is 11.3 Å². The summed E-state index contributed by atoms with van der Waals surface area (Å²) in [7, 11) is 0. The van der Waals surface area contributed by atoms with Gasteiger partial charge in [-0.1, -0.05) is 32.9 Å². The maximum atomic E-state index is 12.5. The summed E-state index contributed by atoms with van der Waals surface area (Å²) >= 11 is 1.74. The smallest absolute Gasteiger partial charge is 0.222 e. The first-order valence-electron chi connectivity index (χ1n) is 9.79. The van der Waals surface area contributed by atoms with Crippen molar-refractivity contribution in [2.45, 2.75) is 45.6 Å². The summed E-state index contributed by atoms with van der Waals surface area (Å²) in [5.74, 6) is 0.215. The molecular weight excluding hydrogens is 368 g/mol. The monoisotopic (exact) mass is 396 g/mol. The van der Waals surface area contributed by atoms with Gasteiger partial charge >= 0.3 is 0 Å². The molecule has 0 bridgehead atoms. The van der Waals surface area contributed by atoms with Gasteiger partial charge in [0.1, 0.15) is 0 Å². The van der Waals surface area contributed by atoms with Crippen LogP contribution >= 0.6 is 11.3 Å². The highest BCUT2D eigenvalue weighted by Crippen LogP contribution is 2.26. The highest BCUT2D eigenvalue weighted by atomic mass is 32.1. The molecule has 0 unspecified atom stereocenters. The van der Waals surface area contributed by atoms with E-state index in [0.29, 0.717) is 12.0 Å². The molecule has 0 aliphatic carbocycles. The van der Waals surface area contributed by atoms with E-state index in [9.17, 15) is 4.79 Å². The first-order valence-corrected chi connectivity index (χ1v) is 10.7. The minimum Gasteiger partial charge on any atom is -0.340 e. The van der Waals surface area contributed by atoms with E-state index in [2.05, 4.69) is 37.1 Å². The summed E-state index contributed by atoms with van der Waals surface area (Å²) in [5, 5.41) is 12.2. The van der Waals surface area contributed by atoms with Gasteiger partial charge in [-0.3, -0.25) is 9.69 Å². The predicted octanol–water partition coefficient (Wildman–Crippen LogP) is 3.59. The quantitative estimate of drug-likeness (QED) is 0.775. The van der Waals surface area contributed by atoms with Gasteiger partial charge < -0.3 is 4.90 Å². The van der Waals surface area contributed by atoms with Gasteiger partial charge in [0.05, 0.1) is 22.3 Å². The molecule has 1 saturated heterocycles. The Labute approximate surface area is 171 Å². The number of carbonyl (C=O) groups is 1. The van der Waals surface area contributed by atoms with Crippen LogP contribution in [0.4, 0.5) is 0 Å². The lowest BCUT2D eigenvalue weighted by molar-refractivity contribution is -0.133. The minimum atomic E-state index is 0.100. The molecule has 0 saturated carbocycles. The van der Waals surface area contributed by atoms with E-state index in [-0.39, 0.29) is 11.3 Å². The van der Waals surface area contributed by atoms with Crippen LogP contribution in [-0.4, -0.2) is 46.9 Å². The van der Waals surface area contributed by atoms with E-state index in [1.54, 1.807) is 11.3 Å². The number of aromatic nitrogens is 1. The third kappa shape index (κ3) is 5.40. The van der Waals surface area contributed by atoms with E-state index in [1.807, 2.05) is 29.2 Å². The normalized spacial score (nSPS) is 15.4. The average molecular weight is 397 g/mol. The molecular formula is C22H28N4OS. The number of hydrogen-bond donors (Lipinski definition) is 0. The van der Waals surface area contributed by atoms with E-state index < -0.39 is 0 Å². The second-order valence-electron chi connectivity index (χ2n) is 8.36. The second kappa shape index (κ2) is 8.85. The van der Waals surface area contributed by atoms with Gasteiger partial charge in [0.2, 0.25) is 5.91 Å². The molecule has 0 spiro atoms. The number of nitriles is 1. The highest BCUT2D eigenvalue weighted by molar-refractivity contribution is 7.09. The van der Waals surface area contributed by atoms with Crippen LogP contribution in [0.3, 0.4) is 0 Å². The number of aryl methyl sites for hydroxylation is 1. The topological polar surface area (TPSA) is 60.2 Å². The van der Waals surface area contributed by atoms with E-state index in [1.165, 1.54) is 5.01 Å². The number of nitrogens with zero attached hydrogens (tertiary/aromatic N) is 4. The Morgan fingerprint density at radius 2 is 1.86 bits per heavy atom. The van der Waals surface area contributed by atoms with Gasteiger partial charge in [-0.25, -0.2) is 4.98 Å². The van der Waals surface area contributed by atoms with E-state index in [0.717, 1.165) is 50.4 Å². The molecule has 1 aliphatic heterocycles. The molecule has 2 heterocycles. The van der Waals surface area contributed by atoms with Crippen LogP contribution in [0, 0.1) is 11.3 Å². The Hall–Kier alpha value is -2.23. The van der Waals surface area contributed by atoms with Crippen LogP contribution in [0.5, 0.6) is 0 Å². The van der Waals surface area contributed by atoms with Crippen molar-refractivity contribution in [1.29, 1.82) is 5.26 Å². The molecule has 1 amide bonds. The zero-order chi connectivity index (χ0) is 20.1. The van der Waals surface area contributed by atoms with Crippen molar-refractivity contribution in [3.8, 4) is 6.07 Å². The van der Waals surface area contributed by atoms with Crippen LogP contribution in [0.15, 0.2) is 29.6 Å². The number of thiazole rings is 1. The van der Waals surface area contributed by atoms with Gasteiger partial charge in [0.15, 0.2) is 0 Å². The molecule has 0 N–H and O–H groups in total. The predicted molar refractivity (Wildman–Crippen MR) is 112 cm³/mol. The molecule has 1 aromatic carbocycles. The molecule has 3 rings (SSSR count). The first-order chi connectivity index (χ1) is 13.3. The molecule has 6 heteroatoms. The van der Waals surface area contributed by atoms with Gasteiger partial charge in [-0.05, 0) is 24.1 Å².